The molecule has 0 saturated carbocycles. The smallest absolute Gasteiger partial charge is 0.133 e. The second-order valence-electron chi connectivity index (χ2n) is 3.91. The molecule has 1 fully saturated rings. The topological polar surface area (TPSA) is 30.5 Å². The first-order valence-electron chi connectivity index (χ1n) is 5.47. The van der Waals surface area contributed by atoms with Gasteiger partial charge in [0, 0.05) is 18.3 Å². The maximum Gasteiger partial charge on any atom is 0.133 e. The highest BCUT2D eigenvalue weighted by Gasteiger charge is 2.13. The van der Waals surface area contributed by atoms with Gasteiger partial charge in [-0.25, -0.2) is 0 Å². The number of benzene rings is 1. The van der Waals surface area contributed by atoms with Gasteiger partial charge in [0.25, 0.3) is 0 Å². The van der Waals surface area contributed by atoms with Crippen LogP contribution in [0.4, 0.5) is 5.69 Å². The third-order valence-corrected chi connectivity index (χ3v) is 3.30. The molecule has 1 atom stereocenters. The Labute approximate surface area is 104 Å². The molecule has 1 aromatic carbocycles. The molecule has 0 bridgehead atoms. The van der Waals surface area contributed by atoms with Crippen molar-refractivity contribution < 1.29 is 9.47 Å². The number of anilines is 1. The van der Waals surface area contributed by atoms with E-state index in [2.05, 4.69) is 21.2 Å². The molecular weight excluding hydrogens is 270 g/mol. The lowest BCUT2D eigenvalue weighted by Gasteiger charge is -2.24. The second-order valence-corrected chi connectivity index (χ2v) is 4.76. The molecular formula is C12H16BrNO2. The Morgan fingerprint density at radius 3 is 3.00 bits per heavy atom. The van der Waals surface area contributed by atoms with E-state index < -0.39 is 0 Å². The average molecular weight is 286 g/mol. The molecule has 0 aromatic heterocycles. The van der Waals surface area contributed by atoms with Gasteiger partial charge in [0.05, 0.1) is 18.2 Å². The van der Waals surface area contributed by atoms with Crippen LogP contribution in [0.1, 0.15) is 12.8 Å². The van der Waals surface area contributed by atoms with E-state index in [0.29, 0.717) is 6.04 Å². The van der Waals surface area contributed by atoms with Crippen molar-refractivity contribution in [1.82, 2.24) is 0 Å². The maximum absolute atomic E-state index is 5.43. The molecule has 3 nitrogen and oxygen atoms in total. The van der Waals surface area contributed by atoms with Gasteiger partial charge in [-0.2, -0.15) is 0 Å². The summed E-state index contributed by atoms with van der Waals surface area (Å²) in [6.45, 7) is 1.69. The lowest BCUT2D eigenvalue weighted by molar-refractivity contribution is 0.0876. The summed E-state index contributed by atoms with van der Waals surface area (Å²) in [6, 6.07) is 6.44. The molecule has 1 aromatic rings. The van der Waals surface area contributed by atoms with Crippen LogP contribution in [0, 0.1) is 0 Å². The van der Waals surface area contributed by atoms with Crippen molar-refractivity contribution >= 4 is 21.6 Å². The minimum Gasteiger partial charge on any atom is -0.496 e. The Morgan fingerprint density at radius 1 is 1.50 bits per heavy atom. The molecule has 4 heteroatoms. The van der Waals surface area contributed by atoms with Gasteiger partial charge in [-0.1, -0.05) is 0 Å². The fraction of sp³-hybridized carbons (Fsp3) is 0.500. The highest BCUT2D eigenvalue weighted by Crippen LogP contribution is 2.28. The van der Waals surface area contributed by atoms with Gasteiger partial charge in [0.15, 0.2) is 0 Å². The van der Waals surface area contributed by atoms with E-state index in [1.807, 2.05) is 18.2 Å². The predicted molar refractivity (Wildman–Crippen MR) is 68.2 cm³/mol. The Bertz CT molecular complexity index is 351. The third kappa shape index (κ3) is 2.89. The summed E-state index contributed by atoms with van der Waals surface area (Å²) in [5.41, 5.74) is 1.10. The van der Waals surface area contributed by atoms with Gasteiger partial charge in [0.1, 0.15) is 5.75 Å². The van der Waals surface area contributed by atoms with Crippen molar-refractivity contribution in [3.8, 4) is 5.75 Å². The SMILES string of the molecule is COc1ccc(NC2CCCOC2)cc1Br. The van der Waals surface area contributed by atoms with E-state index in [1.54, 1.807) is 7.11 Å². The van der Waals surface area contributed by atoms with Gasteiger partial charge < -0.3 is 14.8 Å². The molecule has 0 spiro atoms. The molecule has 1 N–H and O–H groups in total. The highest BCUT2D eigenvalue weighted by atomic mass is 79.9. The molecule has 1 aliphatic heterocycles. The summed E-state index contributed by atoms with van der Waals surface area (Å²) in [7, 11) is 1.67. The number of hydrogen-bond acceptors (Lipinski definition) is 3. The Balaban J connectivity index is 2.01. The van der Waals surface area contributed by atoms with Crippen molar-refractivity contribution in [2.24, 2.45) is 0 Å². The van der Waals surface area contributed by atoms with Gasteiger partial charge in [0.2, 0.25) is 0 Å². The standard InChI is InChI=1S/C12H16BrNO2/c1-15-12-5-4-9(7-11(12)13)14-10-3-2-6-16-8-10/h4-5,7,10,14H,2-3,6,8H2,1H3. The zero-order valence-electron chi connectivity index (χ0n) is 9.33. The van der Waals surface area contributed by atoms with E-state index in [1.165, 1.54) is 6.42 Å². The molecule has 1 saturated heterocycles. The monoisotopic (exact) mass is 285 g/mol. The first kappa shape index (κ1) is 11.7. The van der Waals surface area contributed by atoms with Crippen molar-refractivity contribution in [1.29, 1.82) is 0 Å². The quantitative estimate of drug-likeness (QED) is 0.926. The average Bonchev–Trinajstić information content (AvgIpc) is 2.31. The van der Waals surface area contributed by atoms with Gasteiger partial charge in [-0.15, -0.1) is 0 Å². The van der Waals surface area contributed by atoms with E-state index >= 15 is 0 Å². The normalized spacial score (nSPS) is 20.5. The number of methoxy groups -OCH3 is 1. The summed E-state index contributed by atoms with van der Waals surface area (Å²) in [6.07, 6.45) is 2.30. The van der Waals surface area contributed by atoms with E-state index in [9.17, 15) is 0 Å². The number of hydrogen-bond donors (Lipinski definition) is 1. The predicted octanol–water partition coefficient (Wildman–Crippen LogP) is 3.05. The van der Waals surface area contributed by atoms with Gasteiger partial charge in [-0.05, 0) is 47.0 Å². The van der Waals surface area contributed by atoms with Crippen molar-refractivity contribution in [2.45, 2.75) is 18.9 Å². The summed E-state index contributed by atoms with van der Waals surface area (Å²) >= 11 is 3.48. The molecule has 1 unspecified atom stereocenters. The first-order valence-corrected chi connectivity index (χ1v) is 6.26. The van der Waals surface area contributed by atoms with E-state index in [4.69, 9.17) is 9.47 Å². The molecule has 0 radical (unpaired) electrons. The fourth-order valence-electron chi connectivity index (χ4n) is 1.85. The van der Waals surface area contributed by atoms with Crippen LogP contribution in [-0.2, 0) is 4.74 Å². The molecule has 1 aliphatic rings. The highest BCUT2D eigenvalue weighted by molar-refractivity contribution is 9.10. The number of nitrogens with one attached hydrogen (secondary N) is 1. The maximum atomic E-state index is 5.43. The molecule has 2 rings (SSSR count). The van der Waals surface area contributed by atoms with Crippen LogP contribution < -0.4 is 10.1 Å². The van der Waals surface area contributed by atoms with Crippen LogP contribution in [0.5, 0.6) is 5.75 Å². The molecule has 0 amide bonds. The van der Waals surface area contributed by atoms with Crippen LogP contribution in [0.25, 0.3) is 0 Å². The summed E-state index contributed by atoms with van der Waals surface area (Å²) in [5, 5.41) is 3.46. The lowest BCUT2D eigenvalue weighted by atomic mass is 10.1. The molecule has 1 heterocycles. The Kier molecular flexibility index (Phi) is 4.07. The number of ether oxygens (including phenoxy) is 2. The van der Waals surface area contributed by atoms with Crippen LogP contribution in [0.2, 0.25) is 0 Å². The third-order valence-electron chi connectivity index (χ3n) is 2.68. The van der Waals surface area contributed by atoms with Gasteiger partial charge in [-0.3, -0.25) is 0 Å². The van der Waals surface area contributed by atoms with Crippen LogP contribution in [0.15, 0.2) is 22.7 Å². The van der Waals surface area contributed by atoms with Crippen molar-refractivity contribution in [3.63, 3.8) is 0 Å². The minimum atomic E-state index is 0.425. The number of halogens is 1. The minimum absolute atomic E-state index is 0.425. The largest absolute Gasteiger partial charge is 0.496 e. The molecule has 88 valence electrons. The van der Waals surface area contributed by atoms with Crippen molar-refractivity contribution in [2.75, 3.05) is 25.6 Å². The second kappa shape index (κ2) is 5.55. The summed E-state index contributed by atoms with van der Waals surface area (Å²) in [5.74, 6) is 0.852. The molecule has 16 heavy (non-hydrogen) atoms. The van der Waals surface area contributed by atoms with Crippen LogP contribution in [0.3, 0.4) is 0 Å². The fourth-order valence-corrected chi connectivity index (χ4v) is 2.39. The number of rotatable bonds is 3. The van der Waals surface area contributed by atoms with Crippen LogP contribution >= 0.6 is 15.9 Å². The Hall–Kier alpha value is -0.740. The lowest BCUT2D eigenvalue weighted by Crippen LogP contribution is -2.29. The molecule has 0 aliphatic carbocycles. The summed E-state index contributed by atoms with van der Waals surface area (Å²) < 4.78 is 11.6. The van der Waals surface area contributed by atoms with Gasteiger partial charge >= 0.3 is 0 Å². The zero-order valence-corrected chi connectivity index (χ0v) is 10.9. The zero-order chi connectivity index (χ0) is 11.4. The van der Waals surface area contributed by atoms with Crippen molar-refractivity contribution in [3.05, 3.63) is 22.7 Å². The Morgan fingerprint density at radius 2 is 2.38 bits per heavy atom. The summed E-state index contributed by atoms with van der Waals surface area (Å²) in [4.78, 5) is 0. The van der Waals surface area contributed by atoms with E-state index in [0.717, 1.165) is 35.5 Å². The van der Waals surface area contributed by atoms with Crippen LogP contribution in [-0.4, -0.2) is 26.4 Å². The first-order chi connectivity index (χ1) is 7.79. The van der Waals surface area contributed by atoms with E-state index in [-0.39, 0.29) is 0 Å².